The van der Waals surface area contributed by atoms with Gasteiger partial charge in [-0.25, -0.2) is 4.98 Å². The topological polar surface area (TPSA) is 81.6 Å². The Hall–Kier alpha value is -3.45. The van der Waals surface area contributed by atoms with Crippen molar-refractivity contribution >= 4 is 17.0 Å². The molecule has 0 N–H and O–H groups in total. The van der Waals surface area contributed by atoms with Gasteiger partial charge in [0, 0.05) is 18.7 Å². The highest BCUT2D eigenvalue weighted by atomic mass is 16.5. The molecule has 5 rings (SSSR count). The van der Waals surface area contributed by atoms with E-state index >= 15 is 0 Å². The van der Waals surface area contributed by atoms with Crippen molar-refractivity contribution in [3.63, 3.8) is 0 Å². The number of fused-ring (bicyclic) bond motifs is 1. The number of rotatable bonds is 3. The molecule has 2 atom stereocenters. The third kappa shape index (κ3) is 3.27. The number of morpholine rings is 1. The summed E-state index contributed by atoms with van der Waals surface area (Å²) >= 11 is 0. The molecule has 7 nitrogen and oxygen atoms in total. The normalized spacial score (nSPS) is 19.3. The highest BCUT2D eigenvalue weighted by molar-refractivity contribution is 6.10. The number of aromatic nitrogens is 2. The number of amides is 1. The van der Waals surface area contributed by atoms with Gasteiger partial charge in [0.2, 0.25) is 0 Å². The quantitative estimate of drug-likeness (QED) is 0.504. The summed E-state index contributed by atoms with van der Waals surface area (Å²) in [5, 5.41) is 4.85. The number of furan rings is 1. The van der Waals surface area contributed by atoms with Gasteiger partial charge in [-0.05, 0) is 32.0 Å². The van der Waals surface area contributed by atoms with Crippen LogP contribution < -0.4 is 0 Å². The largest absolute Gasteiger partial charge is 0.463 e. The minimum atomic E-state index is -0.0995. The third-order valence-electron chi connectivity index (χ3n) is 5.20. The van der Waals surface area contributed by atoms with Crippen molar-refractivity contribution in [1.82, 2.24) is 15.0 Å². The summed E-state index contributed by atoms with van der Waals surface area (Å²) < 4.78 is 16.9. The van der Waals surface area contributed by atoms with Gasteiger partial charge in [0.25, 0.3) is 11.6 Å². The number of carbonyl (C=O) groups is 1. The van der Waals surface area contributed by atoms with E-state index in [0.29, 0.717) is 46.9 Å². The number of benzene rings is 1. The Morgan fingerprint density at radius 2 is 1.83 bits per heavy atom. The minimum Gasteiger partial charge on any atom is -0.463 e. The summed E-state index contributed by atoms with van der Waals surface area (Å²) in [6, 6.07) is 15.0. The molecule has 3 aromatic heterocycles. The van der Waals surface area contributed by atoms with Crippen LogP contribution in [0.1, 0.15) is 24.2 Å². The summed E-state index contributed by atoms with van der Waals surface area (Å²) in [4.78, 5) is 20.0. The zero-order chi connectivity index (χ0) is 20.7. The second-order valence-electron chi connectivity index (χ2n) is 7.58. The molecule has 152 valence electrons. The smallest absolute Gasteiger partial charge is 0.259 e. The molecular formula is C23H21N3O4. The fourth-order valence-electron chi connectivity index (χ4n) is 3.98. The van der Waals surface area contributed by atoms with Crippen molar-refractivity contribution in [1.29, 1.82) is 0 Å². The monoisotopic (exact) mass is 403 g/mol. The second-order valence-corrected chi connectivity index (χ2v) is 7.58. The molecule has 0 bridgehead atoms. The van der Waals surface area contributed by atoms with Crippen LogP contribution >= 0.6 is 0 Å². The van der Waals surface area contributed by atoms with Gasteiger partial charge < -0.3 is 18.6 Å². The van der Waals surface area contributed by atoms with Crippen LogP contribution in [0.15, 0.2) is 63.7 Å². The number of ether oxygens (including phenoxy) is 1. The number of pyridine rings is 1. The maximum atomic E-state index is 13.7. The zero-order valence-corrected chi connectivity index (χ0v) is 16.7. The molecular weight excluding hydrogens is 382 g/mol. The second kappa shape index (κ2) is 7.42. The first-order valence-electron chi connectivity index (χ1n) is 9.94. The highest BCUT2D eigenvalue weighted by Crippen LogP contribution is 2.33. The van der Waals surface area contributed by atoms with Crippen LogP contribution in [0.4, 0.5) is 0 Å². The van der Waals surface area contributed by atoms with Gasteiger partial charge in [-0.1, -0.05) is 35.5 Å². The molecule has 1 aliphatic heterocycles. The fourth-order valence-corrected chi connectivity index (χ4v) is 3.98. The van der Waals surface area contributed by atoms with E-state index in [2.05, 4.69) is 10.1 Å². The zero-order valence-electron chi connectivity index (χ0n) is 16.7. The Balaban J connectivity index is 1.69. The average molecular weight is 403 g/mol. The first kappa shape index (κ1) is 18.6. The van der Waals surface area contributed by atoms with E-state index in [9.17, 15) is 4.79 Å². The van der Waals surface area contributed by atoms with Gasteiger partial charge >= 0.3 is 0 Å². The van der Waals surface area contributed by atoms with Crippen LogP contribution in [0.3, 0.4) is 0 Å². The van der Waals surface area contributed by atoms with Crippen molar-refractivity contribution in [2.24, 2.45) is 0 Å². The van der Waals surface area contributed by atoms with E-state index in [1.54, 1.807) is 24.5 Å². The van der Waals surface area contributed by atoms with Gasteiger partial charge in [0.15, 0.2) is 5.76 Å². The molecule has 0 aliphatic carbocycles. The maximum absolute atomic E-state index is 13.7. The van der Waals surface area contributed by atoms with Crippen LogP contribution in [0.2, 0.25) is 0 Å². The molecule has 1 aliphatic rings. The standard InChI is InChI=1S/C23H21N3O4/c1-14-12-26(13-15(2)29-14)23(27)17-11-18(19-9-6-10-28-19)24-22-20(17)21(25-30-22)16-7-4-3-5-8-16/h3-11,14-15H,12-13H2,1-2H3/t14-,15-/m0/s1. The average Bonchev–Trinajstić information content (AvgIpc) is 3.42. The number of nitrogens with zero attached hydrogens (tertiary/aromatic N) is 3. The Kier molecular flexibility index (Phi) is 4.59. The van der Waals surface area contributed by atoms with Crippen molar-refractivity contribution in [2.75, 3.05) is 13.1 Å². The number of hydrogen-bond acceptors (Lipinski definition) is 6. The lowest BCUT2D eigenvalue weighted by Gasteiger charge is -2.35. The summed E-state index contributed by atoms with van der Waals surface area (Å²) in [5.41, 5.74) is 2.79. The van der Waals surface area contributed by atoms with Crippen LogP contribution in [0.25, 0.3) is 33.8 Å². The molecule has 0 unspecified atom stereocenters. The van der Waals surface area contributed by atoms with E-state index < -0.39 is 0 Å². The van der Waals surface area contributed by atoms with Gasteiger partial charge in [-0.2, -0.15) is 0 Å². The molecule has 1 saturated heterocycles. The van der Waals surface area contributed by atoms with Crippen LogP contribution in [0, 0.1) is 0 Å². The van der Waals surface area contributed by atoms with E-state index in [4.69, 9.17) is 13.7 Å². The number of carbonyl (C=O) groups excluding carboxylic acids is 1. The fraction of sp³-hybridized carbons (Fsp3) is 0.261. The van der Waals surface area contributed by atoms with Gasteiger partial charge in [-0.15, -0.1) is 0 Å². The first-order chi connectivity index (χ1) is 14.6. The summed E-state index contributed by atoms with van der Waals surface area (Å²) in [6.07, 6.45) is 1.51. The third-order valence-corrected chi connectivity index (χ3v) is 5.20. The van der Waals surface area contributed by atoms with Gasteiger partial charge in [0.1, 0.15) is 11.4 Å². The molecule has 7 heteroatoms. The Morgan fingerprint density at radius 1 is 1.07 bits per heavy atom. The molecule has 4 aromatic rings. The Labute approximate surface area is 173 Å². The maximum Gasteiger partial charge on any atom is 0.259 e. The lowest BCUT2D eigenvalue weighted by atomic mass is 10.0. The molecule has 1 amide bonds. The van der Waals surface area contributed by atoms with Crippen LogP contribution in [-0.4, -0.2) is 46.2 Å². The minimum absolute atomic E-state index is 0.0318. The molecule has 0 saturated carbocycles. The summed E-state index contributed by atoms with van der Waals surface area (Å²) in [6.45, 7) is 4.99. The van der Waals surface area contributed by atoms with Crippen LogP contribution in [0.5, 0.6) is 0 Å². The van der Waals surface area contributed by atoms with E-state index in [-0.39, 0.29) is 18.1 Å². The molecule has 0 radical (unpaired) electrons. The van der Waals surface area contributed by atoms with E-state index in [1.165, 1.54) is 0 Å². The lowest BCUT2D eigenvalue weighted by molar-refractivity contribution is -0.0585. The summed E-state index contributed by atoms with van der Waals surface area (Å²) in [5.74, 6) is 0.463. The van der Waals surface area contributed by atoms with E-state index in [0.717, 1.165) is 5.56 Å². The molecule has 4 heterocycles. The molecule has 30 heavy (non-hydrogen) atoms. The SMILES string of the molecule is C[C@H]1CN(C(=O)c2cc(-c3ccco3)nc3onc(-c4ccccc4)c23)C[C@H](C)O1. The molecule has 1 fully saturated rings. The molecule has 0 spiro atoms. The highest BCUT2D eigenvalue weighted by Gasteiger charge is 2.30. The predicted molar refractivity (Wildman–Crippen MR) is 111 cm³/mol. The number of hydrogen-bond donors (Lipinski definition) is 0. The lowest BCUT2D eigenvalue weighted by Crippen LogP contribution is -2.48. The van der Waals surface area contributed by atoms with Gasteiger partial charge in [0.05, 0.1) is 29.4 Å². The van der Waals surface area contributed by atoms with Crippen LogP contribution in [-0.2, 0) is 4.74 Å². The Bertz CT molecular complexity index is 1170. The summed E-state index contributed by atoms with van der Waals surface area (Å²) in [7, 11) is 0. The van der Waals surface area contributed by atoms with Crippen molar-refractivity contribution in [3.05, 3.63) is 60.4 Å². The predicted octanol–water partition coefficient (Wildman–Crippen LogP) is 4.40. The van der Waals surface area contributed by atoms with Gasteiger partial charge in [-0.3, -0.25) is 4.79 Å². The Morgan fingerprint density at radius 3 is 2.53 bits per heavy atom. The van der Waals surface area contributed by atoms with Crippen molar-refractivity contribution in [3.8, 4) is 22.7 Å². The first-order valence-corrected chi connectivity index (χ1v) is 9.94. The van der Waals surface area contributed by atoms with Crippen molar-refractivity contribution < 1.29 is 18.5 Å². The molecule has 1 aromatic carbocycles. The van der Waals surface area contributed by atoms with Crippen molar-refractivity contribution in [2.45, 2.75) is 26.1 Å². The van der Waals surface area contributed by atoms with E-state index in [1.807, 2.05) is 49.1 Å².